The molecular formula is C11H10BrClN4O2S. The summed E-state index contributed by atoms with van der Waals surface area (Å²) in [4.78, 5) is -0.0219. The topological polar surface area (TPSA) is 98.0 Å². The quantitative estimate of drug-likeness (QED) is 0.794. The average molecular weight is 378 g/mol. The van der Waals surface area contributed by atoms with E-state index in [4.69, 9.17) is 17.3 Å². The predicted molar refractivity (Wildman–Crippen MR) is 79.6 cm³/mol. The van der Waals surface area contributed by atoms with E-state index in [9.17, 15) is 8.42 Å². The second-order valence-corrected chi connectivity index (χ2v) is 6.81. The zero-order valence-electron chi connectivity index (χ0n) is 10.0. The van der Waals surface area contributed by atoms with Crippen LogP contribution in [0.4, 0.5) is 5.69 Å². The van der Waals surface area contributed by atoms with Crippen LogP contribution in [0.15, 0.2) is 39.8 Å². The van der Waals surface area contributed by atoms with Gasteiger partial charge in [0, 0.05) is 16.9 Å². The number of rotatable bonds is 4. The van der Waals surface area contributed by atoms with Crippen molar-refractivity contribution in [2.24, 2.45) is 0 Å². The normalized spacial score (nSPS) is 11.5. The van der Waals surface area contributed by atoms with Crippen LogP contribution in [0, 0.1) is 0 Å². The number of hydrogen-bond acceptors (Lipinski definition) is 5. The molecule has 0 radical (unpaired) electrons. The average Bonchev–Trinajstić information content (AvgIpc) is 2.42. The fourth-order valence-corrected chi connectivity index (χ4v) is 3.74. The van der Waals surface area contributed by atoms with E-state index < -0.39 is 10.0 Å². The number of sulfonamides is 1. The summed E-state index contributed by atoms with van der Waals surface area (Å²) in [5.74, 6) is 0. The van der Waals surface area contributed by atoms with Crippen LogP contribution in [0.5, 0.6) is 0 Å². The van der Waals surface area contributed by atoms with Crippen molar-refractivity contribution >= 4 is 43.2 Å². The first-order chi connectivity index (χ1) is 9.40. The number of hydrogen-bond donors (Lipinski definition) is 2. The Morgan fingerprint density at radius 2 is 2.15 bits per heavy atom. The molecule has 2 aromatic rings. The maximum Gasteiger partial charge on any atom is 0.242 e. The highest BCUT2D eigenvalue weighted by atomic mass is 79.9. The van der Waals surface area contributed by atoms with E-state index in [1.165, 1.54) is 18.3 Å². The van der Waals surface area contributed by atoms with E-state index in [0.29, 0.717) is 5.69 Å². The Labute approximate surface area is 129 Å². The van der Waals surface area contributed by atoms with Crippen molar-refractivity contribution in [2.45, 2.75) is 11.4 Å². The van der Waals surface area contributed by atoms with E-state index in [1.807, 2.05) is 0 Å². The first-order valence-electron chi connectivity index (χ1n) is 5.41. The van der Waals surface area contributed by atoms with E-state index in [1.54, 1.807) is 12.1 Å². The van der Waals surface area contributed by atoms with Gasteiger partial charge in [0.2, 0.25) is 10.0 Å². The van der Waals surface area contributed by atoms with Crippen LogP contribution in [-0.2, 0) is 16.6 Å². The Balaban J connectivity index is 2.27. The highest BCUT2D eigenvalue weighted by molar-refractivity contribution is 9.10. The molecule has 0 aliphatic heterocycles. The van der Waals surface area contributed by atoms with E-state index in [-0.39, 0.29) is 26.6 Å². The lowest BCUT2D eigenvalue weighted by Crippen LogP contribution is -2.24. The molecule has 1 aromatic heterocycles. The first-order valence-corrected chi connectivity index (χ1v) is 8.06. The number of aromatic nitrogens is 2. The molecule has 1 heterocycles. The molecule has 0 spiro atoms. The minimum atomic E-state index is -3.76. The van der Waals surface area contributed by atoms with Crippen molar-refractivity contribution in [3.05, 3.63) is 45.7 Å². The summed E-state index contributed by atoms with van der Waals surface area (Å²) >= 11 is 8.98. The van der Waals surface area contributed by atoms with Crippen molar-refractivity contribution in [1.82, 2.24) is 14.9 Å². The summed E-state index contributed by atoms with van der Waals surface area (Å²) in [6, 6.07) is 6.12. The zero-order chi connectivity index (χ0) is 14.8. The minimum Gasteiger partial charge on any atom is -0.398 e. The minimum absolute atomic E-state index is 0.0219. The number of benzene rings is 1. The number of anilines is 1. The Kier molecular flexibility index (Phi) is 4.59. The van der Waals surface area contributed by atoms with Crippen molar-refractivity contribution in [2.75, 3.05) is 5.73 Å². The van der Waals surface area contributed by atoms with Crippen LogP contribution in [-0.4, -0.2) is 18.6 Å². The van der Waals surface area contributed by atoms with Gasteiger partial charge in [0.25, 0.3) is 0 Å². The zero-order valence-corrected chi connectivity index (χ0v) is 13.2. The number of nitrogens with one attached hydrogen (secondary N) is 1. The lowest BCUT2D eigenvalue weighted by molar-refractivity contribution is 0.579. The molecule has 0 aliphatic rings. The van der Waals surface area contributed by atoms with Crippen LogP contribution in [0.1, 0.15) is 5.69 Å². The Morgan fingerprint density at radius 1 is 1.40 bits per heavy atom. The van der Waals surface area contributed by atoms with Crippen LogP contribution in [0.3, 0.4) is 0 Å². The van der Waals surface area contributed by atoms with E-state index in [0.717, 1.165) is 0 Å². The second-order valence-electron chi connectivity index (χ2n) is 3.85. The third-order valence-corrected chi connectivity index (χ3v) is 5.18. The van der Waals surface area contributed by atoms with Gasteiger partial charge in [0.15, 0.2) is 0 Å². The molecule has 0 aliphatic carbocycles. The van der Waals surface area contributed by atoms with Crippen LogP contribution < -0.4 is 10.5 Å². The Morgan fingerprint density at radius 3 is 2.80 bits per heavy atom. The molecule has 0 saturated carbocycles. The van der Waals surface area contributed by atoms with Gasteiger partial charge >= 0.3 is 0 Å². The second kappa shape index (κ2) is 6.04. The third kappa shape index (κ3) is 3.45. The number of nitrogen functional groups attached to an aromatic ring is 1. The molecule has 0 amide bonds. The fraction of sp³-hybridized carbons (Fsp3) is 0.0909. The van der Waals surface area contributed by atoms with Gasteiger partial charge in [-0.2, -0.15) is 10.2 Å². The van der Waals surface area contributed by atoms with Gasteiger partial charge in [0.05, 0.1) is 21.6 Å². The van der Waals surface area contributed by atoms with Crippen LogP contribution in [0.2, 0.25) is 5.02 Å². The molecular weight excluding hydrogens is 368 g/mol. The molecule has 0 bridgehead atoms. The number of nitrogens with two attached hydrogens (primary N) is 1. The smallest absolute Gasteiger partial charge is 0.242 e. The molecule has 106 valence electrons. The standard InChI is InChI=1S/C11H10BrClN4O2S/c12-11-9(14)4-7(13)5-10(11)20(18,19)16-6-8-2-1-3-15-17-8/h1-5,16H,6,14H2. The molecule has 3 N–H and O–H groups in total. The highest BCUT2D eigenvalue weighted by Crippen LogP contribution is 2.31. The van der Waals surface area contributed by atoms with Crippen molar-refractivity contribution < 1.29 is 8.42 Å². The third-order valence-electron chi connectivity index (χ3n) is 2.39. The van der Waals surface area contributed by atoms with Gasteiger partial charge < -0.3 is 5.73 Å². The van der Waals surface area contributed by atoms with Crippen molar-refractivity contribution in [3.63, 3.8) is 0 Å². The largest absolute Gasteiger partial charge is 0.398 e. The Hall–Kier alpha value is -1.22. The summed E-state index contributed by atoms with van der Waals surface area (Å²) < 4.78 is 27.1. The predicted octanol–water partition coefficient (Wildman–Crippen LogP) is 1.95. The maximum atomic E-state index is 12.2. The monoisotopic (exact) mass is 376 g/mol. The highest BCUT2D eigenvalue weighted by Gasteiger charge is 2.20. The Bertz CT molecular complexity index is 725. The molecule has 0 atom stereocenters. The molecule has 0 saturated heterocycles. The van der Waals surface area contributed by atoms with Gasteiger partial charge in [-0.15, -0.1) is 0 Å². The molecule has 9 heteroatoms. The van der Waals surface area contributed by atoms with E-state index >= 15 is 0 Å². The van der Waals surface area contributed by atoms with Gasteiger partial charge in [-0.05, 0) is 40.2 Å². The summed E-state index contributed by atoms with van der Waals surface area (Å²) in [7, 11) is -3.76. The maximum absolute atomic E-state index is 12.2. The molecule has 6 nitrogen and oxygen atoms in total. The summed E-state index contributed by atoms with van der Waals surface area (Å²) in [5, 5.41) is 7.70. The molecule has 0 fully saturated rings. The SMILES string of the molecule is Nc1cc(Cl)cc(S(=O)(=O)NCc2cccnn2)c1Br. The summed E-state index contributed by atoms with van der Waals surface area (Å²) in [5.41, 5.74) is 6.43. The molecule has 2 rings (SSSR count). The van der Waals surface area contributed by atoms with Crippen LogP contribution >= 0.6 is 27.5 Å². The molecule has 20 heavy (non-hydrogen) atoms. The molecule has 0 unspecified atom stereocenters. The lowest BCUT2D eigenvalue weighted by atomic mass is 10.3. The van der Waals surface area contributed by atoms with Crippen molar-refractivity contribution in [1.29, 1.82) is 0 Å². The first kappa shape index (κ1) is 15.2. The fourth-order valence-electron chi connectivity index (χ4n) is 1.45. The van der Waals surface area contributed by atoms with Gasteiger partial charge in [-0.25, -0.2) is 13.1 Å². The van der Waals surface area contributed by atoms with Gasteiger partial charge in [-0.1, -0.05) is 11.6 Å². The summed E-state index contributed by atoms with van der Waals surface area (Å²) in [6.07, 6.45) is 1.51. The van der Waals surface area contributed by atoms with Gasteiger partial charge in [0.1, 0.15) is 0 Å². The summed E-state index contributed by atoms with van der Waals surface area (Å²) in [6.45, 7) is 0.0228. The van der Waals surface area contributed by atoms with Crippen LogP contribution in [0.25, 0.3) is 0 Å². The number of halogens is 2. The number of nitrogens with zero attached hydrogens (tertiary/aromatic N) is 2. The molecule has 1 aromatic carbocycles. The van der Waals surface area contributed by atoms with Gasteiger partial charge in [-0.3, -0.25) is 0 Å². The van der Waals surface area contributed by atoms with E-state index in [2.05, 4.69) is 30.8 Å². The lowest BCUT2D eigenvalue weighted by Gasteiger charge is -2.10. The van der Waals surface area contributed by atoms with Crippen molar-refractivity contribution in [3.8, 4) is 0 Å².